The van der Waals surface area contributed by atoms with E-state index in [0.29, 0.717) is 15.8 Å². The minimum Gasteiger partial charge on any atom is -0.482 e. The van der Waals surface area contributed by atoms with Crippen LogP contribution in [0, 0.1) is 0 Å². The molecule has 0 saturated carbocycles. The normalized spacial score (nSPS) is 12.0. The van der Waals surface area contributed by atoms with Crippen molar-refractivity contribution in [1.82, 2.24) is 5.32 Å². The Kier molecular flexibility index (Phi) is 6.30. The number of carbonyl (C=O) groups excluding carboxylic acids is 1. The van der Waals surface area contributed by atoms with Crippen molar-refractivity contribution in [2.75, 3.05) is 6.61 Å². The molecule has 0 aliphatic heterocycles. The van der Waals surface area contributed by atoms with Gasteiger partial charge < -0.3 is 10.1 Å². The smallest absolute Gasteiger partial charge is 0.258 e. The second kappa shape index (κ2) is 7.49. The van der Waals surface area contributed by atoms with E-state index in [1.807, 2.05) is 6.92 Å². The summed E-state index contributed by atoms with van der Waals surface area (Å²) < 4.78 is 5.33. The number of nitrogens with one attached hydrogen (secondary N) is 1. The highest BCUT2D eigenvalue weighted by molar-refractivity contribution is 6.34. The largest absolute Gasteiger partial charge is 0.482 e. The van der Waals surface area contributed by atoms with E-state index in [9.17, 15) is 4.79 Å². The van der Waals surface area contributed by atoms with E-state index >= 15 is 0 Å². The number of hydrogen-bond acceptors (Lipinski definition) is 2. The zero-order valence-electron chi connectivity index (χ0n) is 10.5. The molecule has 1 rings (SSSR count). The second-order valence-electron chi connectivity index (χ2n) is 4.12. The van der Waals surface area contributed by atoms with Gasteiger partial charge in [0.05, 0.1) is 5.02 Å². The number of halogens is 2. The fourth-order valence-corrected chi connectivity index (χ4v) is 1.89. The molecular weight excluding hydrogens is 273 g/mol. The summed E-state index contributed by atoms with van der Waals surface area (Å²) in [6.45, 7) is 3.98. The molecule has 5 heteroatoms. The molecule has 0 radical (unpaired) electrons. The number of benzene rings is 1. The Morgan fingerprint density at radius 2 is 2.17 bits per heavy atom. The summed E-state index contributed by atoms with van der Waals surface area (Å²) in [5.74, 6) is 0.259. The summed E-state index contributed by atoms with van der Waals surface area (Å²) in [7, 11) is 0. The molecule has 1 aromatic carbocycles. The molecule has 1 atom stereocenters. The first-order chi connectivity index (χ1) is 8.52. The summed E-state index contributed by atoms with van der Waals surface area (Å²) in [4.78, 5) is 11.6. The first-order valence-electron chi connectivity index (χ1n) is 5.90. The Morgan fingerprint density at radius 3 is 2.83 bits per heavy atom. The highest BCUT2D eigenvalue weighted by Gasteiger charge is 2.09. The van der Waals surface area contributed by atoms with Gasteiger partial charge >= 0.3 is 0 Å². The molecule has 1 N–H and O–H groups in total. The molecule has 0 saturated heterocycles. The summed E-state index contributed by atoms with van der Waals surface area (Å²) in [5, 5.41) is 3.81. The van der Waals surface area contributed by atoms with Crippen LogP contribution in [0.4, 0.5) is 0 Å². The highest BCUT2D eigenvalue weighted by Crippen LogP contribution is 2.27. The summed E-state index contributed by atoms with van der Waals surface area (Å²) >= 11 is 11.7. The standard InChI is InChI=1S/C13H17Cl2NO2/c1-3-4-9(2)16-13(17)8-18-12-7-10(14)5-6-11(12)15/h5-7,9H,3-4,8H2,1-2H3,(H,16,17). The SMILES string of the molecule is CCCC(C)NC(=O)COc1cc(Cl)ccc1Cl. The van der Waals surface area contributed by atoms with Gasteiger partial charge in [0.25, 0.3) is 5.91 Å². The first kappa shape index (κ1) is 15.1. The zero-order valence-corrected chi connectivity index (χ0v) is 12.0. The van der Waals surface area contributed by atoms with Gasteiger partial charge in [-0.25, -0.2) is 0 Å². The molecule has 0 aromatic heterocycles. The van der Waals surface area contributed by atoms with Crippen LogP contribution in [0.1, 0.15) is 26.7 Å². The van der Waals surface area contributed by atoms with Gasteiger partial charge in [-0.2, -0.15) is 0 Å². The van der Waals surface area contributed by atoms with Crippen LogP contribution in [0.25, 0.3) is 0 Å². The zero-order chi connectivity index (χ0) is 13.5. The van der Waals surface area contributed by atoms with E-state index in [0.717, 1.165) is 12.8 Å². The van der Waals surface area contributed by atoms with Crippen LogP contribution in [-0.2, 0) is 4.79 Å². The van der Waals surface area contributed by atoms with E-state index in [1.54, 1.807) is 18.2 Å². The van der Waals surface area contributed by atoms with Crippen LogP contribution < -0.4 is 10.1 Å². The van der Waals surface area contributed by atoms with Gasteiger partial charge in [0.15, 0.2) is 6.61 Å². The maximum atomic E-state index is 11.6. The molecule has 1 unspecified atom stereocenters. The first-order valence-corrected chi connectivity index (χ1v) is 6.65. The molecule has 1 aromatic rings. The third-order valence-electron chi connectivity index (χ3n) is 2.38. The molecule has 3 nitrogen and oxygen atoms in total. The van der Waals surface area contributed by atoms with Gasteiger partial charge in [-0.15, -0.1) is 0 Å². The van der Waals surface area contributed by atoms with Crippen molar-refractivity contribution < 1.29 is 9.53 Å². The Bertz CT molecular complexity index is 410. The van der Waals surface area contributed by atoms with Gasteiger partial charge in [-0.1, -0.05) is 36.5 Å². The topological polar surface area (TPSA) is 38.3 Å². The maximum absolute atomic E-state index is 11.6. The van der Waals surface area contributed by atoms with Gasteiger partial charge in [-0.3, -0.25) is 4.79 Å². The number of carbonyl (C=O) groups is 1. The molecule has 100 valence electrons. The van der Waals surface area contributed by atoms with Crippen molar-refractivity contribution in [2.45, 2.75) is 32.7 Å². The van der Waals surface area contributed by atoms with Crippen LogP contribution in [-0.4, -0.2) is 18.6 Å². The Hall–Kier alpha value is -0.930. The minimum atomic E-state index is -0.160. The third-order valence-corrected chi connectivity index (χ3v) is 2.93. The molecule has 0 aliphatic carbocycles. The Balaban J connectivity index is 2.45. The van der Waals surface area contributed by atoms with E-state index in [2.05, 4.69) is 12.2 Å². The summed E-state index contributed by atoms with van der Waals surface area (Å²) in [5.41, 5.74) is 0. The van der Waals surface area contributed by atoms with Crippen LogP contribution in [0.5, 0.6) is 5.75 Å². The molecule has 0 spiro atoms. The summed E-state index contributed by atoms with van der Waals surface area (Å²) in [6, 6.07) is 5.05. The molecule has 0 fully saturated rings. The second-order valence-corrected chi connectivity index (χ2v) is 4.96. The van der Waals surface area contributed by atoms with Crippen LogP contribution in [0.3, 0.4) is 0 Å². The third kappa shape index (κ3) is 5.15. The van der Waals surface area contributed by atoms with Crippen molar-refractivity contribution in [3.63, 3.8) is 0 Å². The molecule has 18 heavy (non-hydrogen) atoms. The van der Waals surface area contributed by atoms with Gasteiger partial charge in [0, 0.05) is 17.1 Å². The quantitative estimate of drug-likeness (QED) is 0.868. The predicted octanol–water partition coefficient (Wildman–Crippen LogP) is 3.68. The van der Waals surface area contributed by atoms with Crippen LogP contribution in [0.2, 0.25) is 10.0 Å². The molecule has 0 aliphatic rings. The van der Waals surface area contributed by atoms with Gasteiger partial charge in [-0.05, 0) is 25.5 Å². The monoisotopic (exact) mass is 289 g/mol. The minimum absolute atomic E-state index is 0.0614. The van der Waals surface area contributed by atoms with Crippen molar-refractivity contribution in [3.05, 3.63) is 28.2 Å². The molecular formula is C13H17Cl2NO2. The van der Waals surface area contributed by atoms with Crippen LogP contribution >= 0.6 is 23.2 Å². The maximum Gasteiger partial charge on any atom is 0.258 e. The fraction of sp³-hybridized carbons (Fsp3) is 0.462. The number of amides is 1. The van der Waals surface area contributed by atoms with Gasteiger partial charge in [0.1, 0.15) is 5.75 Å². The van der Waals surface area contributed by atoms with E-state index in [4.69, 9.17) is 27.9 Å². The van der Waals surface area contributed by atoms with Crippen molar-refractivity contribution in [2.24, 2.45) is 0 Å². The Labute approximate surface area is 117 Å². The van der Waals surface area contributed by atoms with Crippen molar-refractivity contribution in [3.8, 4) is 5.75 Å². The number of rotatable bonds is 6. The average Bonchev–Trinajstić information content (AvgIpc) is 2.30. The molecule has 1 amide bonds. The lowest BCUT2D eigenvalue weighted by Crippen LogP contribution is -2.35. The van der Waals surface area contributed by atoms with E-state index < -0.39 is 0 Å². The summed E-state index contributed by atoms with van der Waals surface area (Å²) in [6.07, 6.45) is 1.98. The lowest BCUT2D eigenvalue weighted by Gasteiger charge is -2.13. The lowest BCUT2D eigenvalue weighted by molar-refractivity contribution is -0.123. The van der Waals surface area contributed by atoms with Crippen LogP contribution in [0.15, 0.2) is 18.2 Å². The number of hydrogen-bond donors (Lipinski definition) is 1. The predicted molar refractivity (Wildman–Crippen MR) is 74.5 cm³/mol. The van der Waals surface area contributed by atoms with Gasteiger partial charge in [0.2, 0.25) is 0 Å². The highest BCUT2D eigenvalue weighted by atomic mass is 35.5. The van der Waals surface area contributed by atoms with E-state index in [-0.39, 0.29) is 18.6 Å². The van der Waals surface area contributed by atoms with Crippen molar-refractivity contribution in [1.29, 1.82) is 0 Å². The van der Waals surface area contributed by atoms with E-state index in [1.165, 1.54) is 0 Å². The average molecular weight is 290 g/mol. The number of ether oxygens (including phenoxy) is 1. The molecule has 0 bridgehead atoms. The lowest BCUT2D eigenvalue weighted by atomic mass is 10.2. The molecule has 0 heterocycles. The Morgan fingerprint density at radius 1 is 1.44 bits per heavy atom. The fourth-order valence-electron chi connectivity index (χ4n) is 1.55. The van der Waals surface area contributed by atoms with Crippen molar-refractivity contribution >= 4 is 29.1 Å².